The lowest BCUT2D eigenvalue weighted by molar-refractivity contribution is 0.107. The molecule has 1 aromatic carbocycles. The maximum atomic E-state index is 11.6. The quantitative estimate of drug-likeness (QED) is 0.712. The predicted octanol–water partition coefficient (Wildman–Crippen LogP) is 3.37. The number of hydrogen-bond acceptors (Lipinski definition) is 2. The number of aryl methyl sites for hydroxylation is 1. The van der Waals surface area contributed by atoms with Crippen molar-refractivity contribution in [2.45, 2.75) is 20.3 Å². The van der Waals surface area contributed by atoms with Crippen LogP contribution in [0.2, 0.25) is 0 Å². The zero-order chi connectivity index (χ0) is 10.6. The third kappa shape index (κ3) is 2.74. The highest BCUT2D eigenvalue weighted by molar-refractivity contribution is 7.64. The summed E-state index contributed by atoms with van der Waals surface area (Å²) in [5.74, 6) is 0. The molecule has 0 spiro atoms. The highest BCUT2D eigenvalue weighted by atomic mass is 31.1. The van der Waals surface area contributed by atoms with E-state index in [-0.39, 0.29) is 5.52 Å². The predicted molar refractivity (Wildman–Crippen MR) is 58.3 cm³/mol. The minimum atomic E-state index is -1.72. The van der Waals surface area contributed by atoms with E-state index in [0.717, 1.165) is 12.0 Å². The Hall–Kier alpha value is -1.01. The molecular weight excluding hydrogens is 195 g/mol. The standard InChI is InChI=1S/C11H14O2P/c1-3-8-14(13)11(12)10-6-4-9(2)5-7-10/h4-7H,3,8H2,1-2H3/q+1. The van der Waals surface area contributed by atoms with Gasteiger partial charge in [-0.25, -0.2) is 4.79 Å². The maximum Gasteiger partial charge on any atom is 0.420 e. The van der Waals surface area contributed by atoms with Gasteiger partial charge in [0.1, 0.15) is 0 Å². The van der Waals surface area contributed by atoms with Crippen LogP contribution in [-0.2, 0) is 4.57 Å². The minimum absolute atomic E-state index is 0.221. The van der Waals surface area contributed by atoms with Gasteiger partial charge >= 0.3 is 13.3 Å². The molecule has 1 aromatic rings. The Balaban J connectivity index is 2.79. The smallest absolute Gasteiger partial charge is 0.234 e. The van der Waals surface area contributed by atoms with E-state index in [1.165, 1.54) is 0 Å². The van der Waals surface area contributed by atoms with E-state index in [9.17, 15) is 9.36 Å². The van der Waals surface area contributed by atoms with Gasteiger partial charge in [0.05, 0.1) is 5.56 Å². The molecule has 0 aliphatic rings. The molecule has 1 rings (SSSR count). The van der Waals surface area contributed by atoms with Crippen molar-refractivity contribution in [2.75, 3.05) is 6.16 Å². The highest BCUT2D eigenvalue weighted by Crippen LogP contribution is 2.27. The number of carbonyl (C=O) groups excluding carboxylic acids is 1. The van der Waals surface area contributed by atoms with Gasteiger partial charge < -0.3 is 0 Å². The summed E-state index contributed by atoms with van der Waals surface area (Å²) >= 11 is 0. The maximum absolute atomic E-state index is 11.6. The van der Waals surface area contributed by atoms with Crippen LogP contribution in [0, 0.1) is 6.92 Å². The Labute approximate surface area is 85.1 Å². The Morgan fingerprint density at radius 3 is 2.36 bits per heavy atom. The van der Waals surface area contributed by atoms with Crippen LogP contribution in [0.15, 0.2) is 24.3 Å². The average molecular weight is 209 g/mol. The van der Waals surface area contributed by atoms with E-state index < -0.39 is 7.80 Å². The van der Waals surface area contributed by atoms with E-state index in [0.29, 0.717) is 11.7 Å². The number of rotatable bonds is 4. The second-order valence-electron chi connectivity index (χ2n) is 3.27. The van der Waals surface area contributed by atoms with Crippen LogP contribution < -0.4 is 0 Å². The number of carbonyl (C=O) groups is 1. The van der Waals surface area contributed by atoms with E-state index in [2.05, 4.69) is 0 Å². The Morgan fingerprint density at radius 1 is 1.29 bits per heavy atom. The first-order chi connectivity index (χ1) is 6.65. The second-order valence-corrected chi connectivity index (χ2v) is 4.88. The van der Waals surface area contributed by atoms with Crippen LogP contribution in [0.25, 0.3) is 0 Å². The normalized spacial score (nSPS) is 11.1. The first-order valence-corrected chi connectivity index (χ1v) is 6.15. The Morgan fingerprint density at radius 2 is 1.86 bits per heavy atom. The zero-order valence-electron chi connectivity index (χ0n) is 8.49. The van der Waals surface area contributed by atoms with Crippen LogP contribution in [-0.4, -0.2) is 11.7 Å². The molecule has 0 fully saturated rings. The molecule has 0 radical (unpaired) electrons. The summed E-state index contributed by atoms with van der Waals surface area (Å²) in [5, 5.41) is 0. The molecule has 1 unspecified atom stereocenters. The van der Waals surface area contributed by atoms with Crippen molar-refractivity contribution < 1.29 is 9.36 Å². The summed E-state index contributed by atoms with van der Waals surface area (Å²) in [4.78, 5) is 11.6. The van der Waals surface area contributed by atoms with Crippen LogP contribution in [0.3, 0.4) is 0 Å². The van der Waals surface area contributed by atoms with Crippen LogP contribution >= 0.6 is 7.80 Å². The lowest BCUT2D eigenvalue weighted by Crippen LogP contribution is -1.94. The van der Waals surface area contributed by atoms with Gasteiger partial charge in [-0.2, -0.15) is 0 Å². The lowest BCUT2D eigenvalue weighted by Gasteiger charge is -1.92. The molecular formula is C11H14O2P+. The van der Waals surface area contributed by atoms with E-state index in [1.54, 1.807) is 12.1 Å². The van der Waals surface area contributed by atoms with Gasteiger partial charge in [-0.1, -0.05) is 29.2 Å². The molecule has 0 aliphatic heterocycles. The van der Waals surface area contributed by atoms with Crippen molar-refractivity contribution in [3.05, 3.63) is 35.4 Å². The zero-order valence-corrected chi connectivity index (χ0v) is 9.38. The first kappa shape index (κ1) is 11.1. The topological polar surface area (TPSA) is 34.1 Å². The average Bonchev–Trinajstić information content (AvgIpc) is 2.18. The number of benzene rings is 1. The van der Waals surface area contributed by atoms with Crippen LogP contribution in [0.4, 0.5) is 0 Å². The molecule has 0 saturated heterocycles. The van der Waals surface area contributed by atoms with Gasteiger partial charge in [-0.15, -0.1) is 0 Å². The molecule has 3 heteroatoms. The molecule has 2 nitrogen and oxygen atoms in total. The largest absolute Gasteiger partial charge is 0.420 e. The third-order valence-electron chi connectivity index (χ3n) is 1.95. The fraction of sp³-hybridized carbons (Fsp3) is 0.364. The molecule has 74 valence electrons. The summed E-state index contributed by atoms with van der Waals surface area (Å²) in [6, 6.07) is 7.20. The minimum Gasteiger partial charge on any atom is -0.234 e. The molecule has 1 atom stereocenters. The van der Waals surface area contributed by atoms with Gasteiger partial charge in [-0.05, 0) is 25.5 Å². The summed E-state index contributed by atoms with van der Waals surface area (Å²) in [6.07, 6.45) is 1.27. The van der Waals surface area contributed by atoms with Crippen LogP contribution in [0.1, 0.15) is 29.3 Å². The molecule has 14 heavy (non-hydrogen) atoms. The van der Waals surface area contributed by atoms with Gasteiger partial charge in [0, 0.05) is 0 Å². The lowest BCUT2D eigenvalue weighted by atomic mass is 10.2. The Bertz CT molecular complexity index is 341. The summed E-state index contributed by atoms with van der Waals surface area (Å²) in [5.41, 5.74) is 1.44. The van der Waals surface area contributed by atoms with Gasteiger partial charge in [0.25, 0.3) is 0 Å². The van der Waals surface area contributed by atoms with E-state index >= 15 is 0 Å². The van der Waals surface area contributed by atoms with E-state index in [4.69, 9.17) is 0 Å². The van der Waals surface area contributed by atoms with Crippen molar-refractivity contribution in [1.29, 1.82) is 0 Å². The highest BCUT2D eigenvalue weighted by Gasteiger charge is 2.27. The fourth-order valence-electron chi connectivity index (χ4n) is 1.14. The van der Waals surface area contributed by atoms with Crippen molar-refractivity contribution in [3.63, 3.8) is 0 Å². The fourth-order valence-corrected chi connectivity index (χ4v) is 2.19. The number of hydrogen-bond donors (Lipinski definition) is 0. The first-order valence-electron chi connectivity index (χ1n) is 4.71. The molecule has 0 aromatic heterocycles. The van der Waals surface area contributed by atoms with Crippen molar-refractivity contribution in [3.8, 4) is 0 Å². The van der Waals surface area contributed by atoms with Crippen molar-refractivity contribution in [2.24, 2.45) is 0 Å². The molecule has 0 bridgehead atoms. The van der Waals surface area contributed by atoms with Crippen molar-refractivity contribution >= 4 is 13.3 Å². The van der Waals surface area contributed by atoms with E-state index in [1.807, 2.05) is 26.0 Å². The third-order valence-corrected chi connectivity index (χ3v) is 3.52. The summed E-state index contributed by atoms with van der Waals surface area (Å²) < 4.78 is 11.4. The van der Waals surface area contributed by atoms with Crippen molar-refractivity contribution in [1.82, 2.24) is 0 Å². The van der Waals surface area contributed by atoms with Gasteiger partial charge in [-0.3, -0.25) is 0 Å². The monoisotopic (exact) mass is 209 g/mol. The molecule has 0 N–H and O–H groups in total. The summed E-state index contributed by atoms with van der Waals surface area (Å²) in [6.45, 7) is 3.88. The second kappa shape index (κ2) is 5.02. The van der Waals surface area contributed by atoms with Crippen LogP contribution in [0.5, 0.6) is 0 Å². The molecule has 0 aliphatic carbocycles. The van der Waals surface area contributed by atoms with Gasteiger partial charge in [0.15, 0.2) is 6.16 Å². The molecule has 0 amide bonds. The summed E-state index contributed by atoms with van der Waals surface area (Å²) in [7, 11) is -1.72. The SMILES string of the molecule is CCC[P+](=O)C(=O)c1ccc(C)cc1. The van der Waals surface area contributed by atoms with Gasteiger partial charge in [0.2, 0.25) is 0 Å². The molecule has 0 heterocycles. The Kier molecular flexibility index (Phi) is 3.97. The molecule has 0 saturated carbocycles.